The van der Waals surface area contributed by atoms with Crippen molar-refractivity contribution in [1.29, 1.82) is 0 Å². The molecule has 2 nitrogen and oxygen atoms in total. The highest BCUT2D eigenvalue weighted by molar-refractivity contribution is 5.84. The molecule has 0 aliphatic heterocycles. The van der Waals surface area contributed by atoms with Gasteiger partial charge in [-0.1, -0.05) is 54.6 Å². The summed E-state index contributed by atoms with van der Waals surface area (Å²) in [5.74, 6) is 0.326. The normalized spacial score (nSPS) is 12.4. The third kappa shape index (κ3) is 4.59. The second kappa shape index (κ2) is 7.98. The Morgan fingerprint density at radius 2 is 1.62 bits per heavy atom. The van der Waals surface area contributed by atoms with Crippen LogP contribution in [0.1, 0.15) is 24.5 Å². The first kappa shape index (κ1) is 16.5. The lowest BCUT2D eigenvalue weighted by atomic mass is 10.0. The summed E-state index contributed by atoms with van der Waals surface area (Å²) in [6.45, 7) is 3.22. The first-order valence-corrected chi connectivity index (χ1v) is 8.70. The van der Waals surface area contributed by atoms with Crippen LogP contribution in [0.3, 0.4) is 0 Å². The van der Waals surface area contributed by atoms with Crippen molar-refractivity contribution in [2.45, 2.75) is 32.2 Å². The van der Waals surface area contributed by atoms with Crippen molar-refractivity contribution < 1.29 is 5.11 Å². The maximum atomic E-state index is 9.61. The maximum absolute atomic E-state index is 9.61. The molecule has 3 aromatic rings. The molecule has 3 rings (SSSR count). The third-order valence-corrected chi connectivity index (χ3v) is 4.50. The number of hydrogen-bond acceptors (Lipinski definition) is 2. The molecule has 0 aliphatic carbocycles. The van der Waals surface area contributed by atoms with Gasteiger partial charge in [-0.25, -0.2) is 0 Å². The molecule has 0 aliphatic rings. The van der Waals surface area contributed by atoms with Crippen LogP contribution < -0.4 is 5.32 Å². The van der Waals surface area contributed by atoms with Crippen molar-refractivity contribution in [2.75, 3.05) is 6.54 Å². The smallest absolute Gasteiger partial charge is 0.116 e. The van der Waals surface area contributed by atoms with Gasteiger partial charge in [0.1, 0.15) is 5.75 Å². The van der Waals surface area contributed by atoms with Crippen molar-refractivity contribution in [1.82, 2.24) is 5.32 Å². The lowest BCUT2D eigenvalue weighted by molar-refractivity contribution is 0.476. The van der Waals surface area contributed by atoms with Gasteiger partial charge in [-0.15, -0.1) is 0 Å². The number of fused-ring (bicyclic) bond motifs is 1. The second-order valence-corrected chi connectivity index (χ2v) is 6.50. The molecular formula is C22H25NO. The van der Waals surface area contributed by atoms with Gasteiger partial charge in [-0.2, -0.15) is 0 Å². The molecule has 0 spiro atoms. The predicted octanol–water partition coefficient (Wildman–Crippen LogP) is 4.70. The topological polar surface area (TPSA) is 32.3 Å². The van der Waals surface area contributed by atoms with Crippen LogP contribution >= 0.6 is 0 Å². The number of rotatable bonds is 7. The Kier molecular flexibility index (Phi) is 5.50. The van der Waals surface area contributed by atoms with Gasteiger partial charge in [0.15, 0.2) is 0 Å². The van der Waals surface area contributed by atoms with E-state index >= 15 is 0 Å². The van der Waals surface area contributed by atoms with E-state index in [1.165, 1.54) is 16.5 Å². The molecule has 1 atom stereocenters. The Bertz CT molecular complexity index is 782. The number of hydrogen-bond donors (Lipinski definition) is 2. The lowest BCUT2D eigenvalue weighted by Gasteiger charge is -2.14. The van der Waals surface area contributed by atoms with Gasteiger partial charge in [-0.3, -0.25) is 0 Å². The van der Waals surface area contributed by atoms with Gasteiger partial charge in [-0.05, 0) is 66.8 Å². The summed E-state index contributed by atoms with van der Waals surface area (Å²) in [7, 11) is 0. The Labute approximate surface area is 144 Å². The fourth-order valence-electron chi connectivity index (χ4n) is 3.03. The lowest BCUT2D eigenvalue weighted by Crippen LogP contribution is -2.28. The predicted molar refractivity (Wildman–Crippen MR) is 102 cm³/mol. The molecule has 124 valence electrons. The number of phenols is 1. The highest BCUT2D eigenvalue weighted by atomic mass is 16.3. The molecule has 0 heterocycles. The monoisotopic (exact) mass is 319 g/mol. The summed E-state index contributed by atoms with van der Waals surface area (Å²) >= 11 is 0. The fourth-order valence-corrected chi connectivity index (χ4v) is 3.03. The maximum Gasteiger partial charge on any atom is 0.116 e. The van der Waals surface area contributed by atoms with Crippen LogP contribution in [0.15, 0.2) is 66.7 Å². The molecular weight excluding hydrogens is 294 g/mol. The Hall–Kier alpha value is -2.32. The highest BCUT2D eigenvalue weighted by Crippen LogP contribution is 2.21. The van der Waals surface area contributed by atoms with Crippen molar-refractivity contribution in [2.24, 2.45) is 0 Å². The summed E-state index contributed by atoms with van der Waals surface area (Å²) in [5.41, 5.74) is 2.70. The van der Waals surface area contributed by atoms with E-state index in [-0.39, 0.29) is 0 Å². The van der Waals surface area contributed by atoms with Crippen LogP contribution in [0.2, 0.25) is 0 Å². The van der Waals surface area contributed by atoms with Gasteiger partial charge in [0.05, 0.1) is 0 Å². The fraction of sp³-hybridized carbons (Fsp3) is 0.273. The molecule has 2 N–H and O–H groups in total. The van der Waals surface area contributed by atoms with Gasteiger partial charge in [0, 0.05) is 6.04 Å². The van der Waals surface area contributed by atoms with Crippen molar-refractivity contribution in [3.05, 3.63) is 77.9 Å². The van der Waals surface area contributed by atoms with E-state index < -0.39 is 0 Å². The van der Waals surface area contributed by atoms with Gasteiger partial charge in [0.2, 0.25) is 0 Å². The molecule has 0 radical (unpaired) electrons. The minimum Gasteiger partial charge on any atom is -0.508 e. The van der Waals surface area contributed by atoms with E-state index in [1.807, 2.05) is 12.1 Å². The molecule has 0 saturated carbocycles. The first-order chi connectivity index (χ1) is 11.7. The number of nitrogens with one attached hydrogen (secondary N) is 1. The second-order valence-electron chi connectivity index (χ2n) is 6.50. The average molecular weight is 319 g/mol. The number of benzene rings is 3. The number of phenolic OH excluding ortho intramolecular Hbond substituents is 1. The molecule has 3 aromatic carbocycles. The summed E-state index contributed by atoms with van der Waals surface area (Å²) in [4.78, 5) is 0. The van der Waals surface area contributed by atoms with E-state index in [0.29, 0.717) is 11.8 Å². The summed E-state index contributed by atoms with van der Waals surface area (Å²) in [5, 5.41) is 15.5. The zero-order valence-corrected chi connectivity index (χ0v) is 14.2. The Morgan fingerprint density at radius 1 is 0.833 bits per heavy atom. The minimum atomic E-state index is 0.326. The van der Waals surface area contributed by atoms with Crippen LogP contribution in [0.25, 0.3) is 10.8 Å². The van der Waals surface area contributed by atoms with E-state index in [0.717, 1.165) is 31.2 Å². The van der Waals surface area contributed by atoms with Crippen LogP contribution in [0, 0.1) is 0 Å². The zero-order chi connectivity index (χ0) is 16.8. The van der Waals surface area contributed by atoms with E-state index in [4.69, 9.17) is 0 Å². The van der Waals surface area contributed by atoms with Crippen LogP contribution in [-0.2, 0) is 12.8 Å². The highest BCUT2D eigenvalue weighted by Gasteiger charge is 2.03. The molecule has 0 aromatic heterocycles. The van der Waals surface area contributed by atoms with Crippen molar-refractivity contribution in [3.8, 4) is 5.75 Å². The number of aromatic hydroxyl groups is 1. The van der Waals surface area contributed by atoms with Crippen LogP contribution in [0.4, 0.5) is 0 Å². The van der Waals surface area contributed by atoms with Gasteiger partial charge < -0.3 is 10.4 Å². The van der Waals surface area contributed by atoms with Crippen LogP contribution in [0.5, 0.6) is 5.75 Å². The van der Waals surface area contributed by atoms with E-state index in [2.05, 4.69) is 60.8 Å². The summed E-state index contributed by atoms with van der Waals surface area (Å²) < 4.78 is 0. The largest absolute Gasteiger partial charge is 0.508 e. The summed E-state index contributed by atoms with van der Waals surface area (Å²) in [6.07, 6.45) is 3.27. The quantitative estimate of drug-likeness (QED) is 0.661. The molecule has 2 heteroatoms. The van der Waals surface area contributed by atoms with Crippen LogP contribution in [-0.4, -0.2) is 17.7 Å². The first-order valence-electron chi connectivity index (χ1n) is 8.70. The number of aryl methyl sites for hydroxylation is 1. The molecule has 1 unspecified atom stereocenters. The summed E-state index contributed by atoms with van der Waals surface area (Å²) in [6, 6.07) is 23.2. The molecule has 0 bridgehead atoms. The SMILES string of the molecule is CC(CCc1ccccc1)NCCc1ccc2ccc(O)cc2c1. The van der Waals surface area contributed by atoms with E-state index in [1.54, 1.807) is 6.07 Å². The van der Waals surface area contributed by atoms with Crippen molar-refractivity contribution in [3.63, 3.8) is 0 Å². The van der Waals surface area contributed by atoms with E-state index in [9.17, 15) is 5.11 Å². The Balaban J connectivity index is 1.47. The van der Waals surface area contributed by atoms with Gasteiger partial charge >= 0.3 is 0 Å². The molecule has 0 amide bonds. The molecule has 0 saturated heterocycles. The molecule has 24 heavy (non-hydrogen) atoms. The average Bonchev–Trinajstić information content (AvgIpc) is 2.60. The standard InChI is InChI=1S/C22H25NO/c1-17(7-8-18-5-3-2-4-6-18)23-14-13-19-9-10-20-11-12-22(24)16-21(20)15-19/h2-6,9-12,15-17,23-24H,7-8,13-14H2,1H3. The minimum absolute atomic E-state index is 0.326. The Morgan fingerprint density at radius 3 is 2.46 bits per heavy atom. The van der Waals surface area contributed by atoms with Gasteiger partial charge in [0.25, 0.3) is 0 Å². The molecule has 0 fully saturated rings. The zero-order valence-electron chi connectivity index (χ0n) is 14.2. The van der Waals surface area contributed by atoms with Crippen molar-refractivity contribution >= 4 is 10.8 Å². The third-order valence-electron chi connectivity index (χ3n) is 4.50.